The third-order valence-electron chi connectivity index (χ3n) is 3.61. The maximum atomic E-state index is 12.5. The molecule has 1 aliphatic rings. The van der Waals surface area contributed by atoms with Gasteiger partial charge in [0.05, 0.1) is 4.90 Å². The van der Waals surface area contributed by atoms with Gasteiger partial charge < -0.3 is 5.32 Å². The minimum atomic E-state index is -3.44. The van der Waals surface area contributed by atoms with Crippen LogP contribution < -0.4 is 5.32 Å². The summed E-state index contributed by atoms with van der Waals surface area (Å²) in [6.45, 7) is 10.1. The standard InChI is InChI=1S/C15H20N2O3S.C2H6.H2/c1-3-15(18)16-13-7-9-17(10-8-13)21(19,20)14-6-4-5-12(2)11-14;1-2;/h3-6,11,13H,1,7-10H2,2H3,(H,16,18);1-2H3;1H. The van der Waals surface area contributed by atoms with E-state index in [1.54, 1.807) is 18.2 Å². The molecular weight excluding hydrogens is 312 g/mol. The normalized spacial score (nSPS) is 16.1. The first kappa shape index (κ1) is 19.4. The Morgan fingerprint density at radius 3 is 2.48 bits per heavy atom. The molecule has 0 saturated carbocycles. The van der Waals surface area contributed by atoms with Gasteiger partial charge in [0.15, 0.2) is 0 Å². The number of rotatable bonds is 4. The van der Waals surface area contributed by atoms with E-state index in [2.05, 4.69) is 11.9 Å². The second kappa shape index (κ2) is 8.84. The summed E-state index contributed by atoms with van der Waals surface area (Å²) in [6, 6.07) is 6.93. The van der Waals surface area contributed by atoms with Crippen LogP contribution in [0.1, 0.15) is 33.7 Å². The number of nitrogens with zero attached hydrogens (tertiary/aromatic N) is 1. The van der Waals surface area contributed by atoms with E-state index < -0.39 is 10.0 Å². The molecule has 0 radical (unpaired) electrons. The van der Waals surface area contributed by atoms with Crippen LogP contribution in [-0.2, 0) is 14.8 Å². The molecular formula is C17H28N2O3S. The number of benzene rings is 1. The molecule has 1 heterocycles. The van der Waals surface area contributed by atoms with Gasteiger partial charge in [-0.05, 0) is 43.5 Å². The van der Waals surface area contributed by atoms with Gasteiger partial charge >= 0.3 is 0 Å². The van der Waals surface area contributed by atoms with Crippen molar-refractivity contribution in [3.63, 3.8) is 0 Å². The average Bonchev–Trinajstić information content (AvgIpc) is 2.57. The van der Waals surface area contributed by atoms with Gasteiger partial charge in [0.2, 0.25) is 15.9 Å². The fourth-order valence-electron chi connectivity index (χ4n) is 2.43. The third kappa shape index (κ3) is 5.18. The van der Waals surface area contributed by atoms with E-state index in [4.69, 9.17) is 0 Å². The number of piperidine rings is 1. The molecule has 1 amide bonds. The number of nitrogens with one attached hydrogen (secondary N) is 1. The average molecular weight is 340 g/mol. The lowest BCUT2D eigenvalue weighted by molar-refractivity contribution is -0.117. The molecule has 1 aromatic carbocycles. The highest BCUT2D eigenvalue weighted by atomic mass is 32.2. The summed E-state index contributed by atoms with van der Waals surface area (Å²) in [5.41, 5.74) is 0.921. The van der Waals surface area contributed by atoms with Crippen molar-refractivity contribution in [1.82, 2.24) is 9.62 Å². The minimum Gasteiger partial charge on any atom is -0.350 e. The molecule has 2 rings (SSSR count). The first-order valence-corrected chi connectivity index (χ1v) is 9.37. The lowest BCUT2D eigenvalue weighted by Gasteiger charge is -2.31. The van der Waals surface area contributed by atoms with Gasteiger partial charge in [-0.25, -0.2) is 8.42 Å². The topological polar surface area (TPSA) is 66.5 Å². The molecule has 5 nitrogen and oxygen atoms in total. The van der Waals surface area contributed by atoms with Crippen LogP contribution in [0.15, 0.2) is 41.8 Å². The van der Waals surface area contributed by atoms with Gasteiger partial charge in [0.25, 0.3) is 0 Å². The second-order valence-corrected chi connectivity index (χ2v) is 7.15. The lowest BCUT2D eigenvalue weighted by Crippen LogP contribution is -2.46. The predicted molar refractivity (Wildman–Crippen MR) is 94.8 cm³/mol. The molecule has 0 aromatic heterocycles. The molecule has 130 valence electrons. The van der Waals surface area contributed by atoms with Crippen molar-refractivity contribution in [2.24, 2.45) is 0 Å². The van der Waals surface area contributed by atoms with E-state index in [1.807, 2.05) is 26.8 Å². The monoisotopic (exact) mass is 340 g/mol. The van der Waals surface area contributed by atoms with Crippen molar-refractivity contribution in [3.8, 4) is 0 Å². The maximum absolute atomic E-state index is 12.5. The predicted octanol–water partition coefficient (Wildman–Crippen LogP) is 2.72. The van der Waals surface area contributed by atoms with E-state index in [0.717, 1.165) is 5.56 Å². The largest absolute Gasteiger partial charge is 0.350 e. The van der Waals surface area contributed by atoms with Crippen LogP contribution in [0.4, 0.5) is 0 Å². The molecule has 0 bridgehead atoms. The van der Waals surface area contributed by atoms with Gasteiger partial charge in [0.1, 0.15) is 0 Å². The maximum Gasteiger partial charge on any atom is 0.243 e. The lowest BCUT2D eigenvalue weighted by atomic mass is 10.1. The quantitative estimate of drug-likeness (QED) is 0.857. The zero-order valence-electron chi connectivity index (χ0n) is 14.1. The third-order valence-corrected chi connectivity index (χ3v) is 5.51. The molecule has 1 fully saturated rings. The molecule has 0 unspecified atom stereocenters. The van der Waals surface area contributed by atoms with Gasteiger partial charge in [0, 0.05) is 20.6 Å². The van der Waals surface area contributed by atoms with Crippen LogP contribution in [0.5, 0.6) is 0 Å². The molecule has 1 N–H and O–H groups in total. The van der Waals surface area contributed by atoms with E-state index in [1.165, 1.54) is 10.4 Å². The Hall–Kier alpha value is -1.66. The van der Waals surface area contributed by atoms with E-state index >= 15 is 0 Å². The molecule has 1 aromatic rings. The molecule has 0 atom stereocenters. The smallest absolute Gasteiger partial charge is 0.243 e. The zero-order valence-corrected chi connectivity index (χ0v) is 14.9. The molecule has 0 aliphatic carbocycles. The number of aryl methyl sites for hydroxylation is 1. The van der Waals surface area contributed by atoms with Crippen LogP contribution in [-0.4, -0.2) is 37.8 Å². The number of hydrogen-bond acceptors (Lipinski definition) is 3. The Bertz CT molecular complexity index is 639. The Morgan fingerprint density at radius 2 is 1.96 bits per heavy atom. The van der Waals surface area contributed by atoms with Gasteiger partial charge in [-0.2, -0.15) is 4.31 Å². The van der Waals surface area contributed by atoms with Crippen molar-refractivity contribution < 1.29 is 14.6 Å². The molecule has 23 heavy (non-hydrogen) atoms. The van der Waals surface area contributed by atoms with Crippen molar-refractivity contribution >= 4 is 15.9 Å². The number of sulfonamides is 1. The summed E-state index contributed by atoms with van der Waals surface area (Å²) in [6.07, 6.45) is 2.46. The summed E-state index contributed by atoms with van der Waals surface area (Å²) in [5.74, 6) is -0.213. The SMILES string of the molecule is C=CC(=O)NC1CCN(S(=O)(=O)c2cccc(C)c2)CC1.CC.[HH]. The number of hydrogen-bond donors (Lipinski definition) is 1. The van der Waals surface area contributed by atoms with Crippen molar-refractivity contribution in [2.45, 2.75) is 44.6 Å². The van der Waals surface area contributed by atoms with Gasteiger partial charge in [-0.15, -0.1) is 0 Å². The van der Waals surface area contributed by atoms with E-state index in [0.29, 0.717) is 30.8 Å². The Kier molecular flexibility index (Phi) is 7.45. The highest BCUT2D eigenvalue weighted by Gasteiger charge is 2.29. The van der Waals surface area contributed by atoms with Crippen LogP contribution >= 0.6 is 0 Å². The van der Waals surface area contributed by atoms with Crippen molar-refractivity contribution in [3.05, 3.63) is 42.5 Å². The minimum absolute atomic E-state index is 0. The number of amides is 1. The summed E-state index contributed by atoms with van der Waals surface area (Å²) in [7, 11) is -3.44. The first-order chi connectivity index (χ1) is 10.9. The fraction of sp³-hybridized carbons (Fsp3) is 0.471. The molecule has 6 heteroatoms. The van der Waals surface area contributed by atoms with Crippen LogP contribution in [0.2, 0.25) is 0 Å². The van der Waals surface area contributed by atoms with Crippen LogP contribution in [0.3, 0.4) is 0 Å². The summed E-state index contributed by atoms with van der Waals surface area (Å²) < 4.78 is 26.6. The number of carbonyl (C=O) groups excluding carboxylic acids is 1. The number of carbonyl (C=O) groups is 1. The van der Waals surface area contributed by atoms with Crippen LogP contribution in [0.25, 0.3) is 0 Å². The Labute approximate surface area is 140 Å². The second-order valence-electron chi connectivity index (χ2n) is 5.21. The summed E-state index contributed by atoms with van der Waals surface area (Å²) >= 11 is 0. The molecule has 1 saturated heterocycles. The Balaban J connectivity index is 0.00000170. The summed E-state index contributed by atoms with van der Waals surface area (Å²) in [4.78, 5) is 11.6. The first-order valence-electron chi connectivity index (χ1n) is 7.93. The Morgan fingerprint density at radius 1 is 1.35 bits per heavy atom. The van der Waals surface area contributed by atoms with Gasteiger partial charge in [-0.3, -0.25) is 4.79 Å². The van der Waals surface area contributed by atoms with Gasteiger partial charge in [-0.1, -0.05) is 32.6 Å². The zero-order chi connectivity index (χ0) is 17.5. The van der Waals surface area contributed by atoms with Crippen LogP contribution in [0, 0.1) is 6.92 Å². The van der Waals surface area contributed by atoms with Crippen molar-refractivity contribution in [1.29, 1.82) is 0 Å². The molecule has 1 aliphatic heterocycles. The molecule has 0 spiro atoms. The highest BCUT2D eigenvalue weighted by Crippen LogP contribution is 2.21. The van der Waals surface area contributed by atoms with E-state index in [9.17, 15) is 13.2 Å². The fourth-order valence-corrected chi connectivity index (χ4v) is 4.00. The highest BCUT2D eigenvalue weighted by molar-refractivity contribution is 7.89. The summed E-state index contributed by atoms with van der Waals surface area (Å²) in [5, 5.41) is 2.81. The van der Waals surface area contributed by atoms with E-state index in [-0.39, 0.29) is 13.4 Å². The van der Waals surface area contributed by atoms with Crippen molar-refractivity contribution in [2.75, 3.05) is 13.1 Å².